The van der Waals surface area contributed by atoms with Crippen LogP contribution in [0.15, 0.2) is 47.3 Å². The molecule has 1 aromatic heterocycles. The van der Waals surface area contributed by atoms with Gasteiger partial charge in [0.2, 0.25) is 0 Å². The minimum Gasteiger partial charge on any atom is -0.352 e. The summed E-state index contributed by atoms with van der Waals surface area (Å²) in [7, 11) is 0. The molecule has 0 bridgehead atoms. The van der Waals surface area contributed by atoms with Crippen LogP contribution in [0.2, 0.25) is 0 Å². The summed E-state index contributed by atoms with van der Waals surface area (Å²) in [6, 6.07) is 13.6. The number of benzene rings is 1. The van der Waals surface area contributed by atoms with Gasteiger partial charge in [0.25, 0.3) is 11.5 Å². The van der Waals surface area contributed by atoms with Crippen LogP contribution in [0, 0.1) is 0 Å². The Bertz CT molecular complexity index is 735. The number of aryl methyl sites for hydroxylation is 1. The standard InChI is InChI=1S/C21H28N2O2/c1-3-5-16-23-18(9-4-2)12-13-19(21(23)25)20(24)22-15-14-17-10-7-6-8-11-17/h6-8,10-13H,3-5,9,14-16H2,1-2H3,(H,22,24). The SMILES string of the molecule is CCCCn1c(CCC)ccc(C(=O)NCCc2ccccc2)c1=O. The minimum absolute atomic E-state index is 0.170. The highest BCUT2D eigenvalue weighted by Gasteiger charge is 2.14. The summed E-state index contributed by atoms with van der Waals surface area (Å²) >= 11 is 0. The molecule has 25 heavy (non-hydrogen) atoms. The smallest absolute Gasteiger partial charge is 0.263 e. The van der Waals surface area contributed by atoms with Crippen LogP contribution >= 0.6 is 0 Å². The van der Waals surface area contributed by atoms with Gasteiger partial charge in [0, 0.05) is 18.8 Å². The van der Waals surface area contributed by atoms with Crippen molar-refractivity contribution in [3.8, 4) is 0 Å². The lowest BCUT2D eigenvalue weighted by atomic mass is 10.1. The maximum absolute atomic E-state index is 12.7. The molecule has 0 aliphatic heterocycles. The number of nitrogens with zero attached hydrogens (tertiary/aromatic N) is 1. The third kappa shape index (κ3) is 5.31. The van der Waals surface area contributed by atoms with E-state index < -0.39 is 0 Å². The van der Waals surface area contributed by atoms with E-state index in [1.54, 1.807) is 10.6 Å². The molecule has 4 heteroatoms. The maximum Gasteiger partial charge on any atom is 0.263 e. The molecule has 134 valence electrons. The third-order valence-electron chi connectivity index (χ3n) is 4.29. The predicted octanol–water partition coefficient (Wildman–Crippen LogP) is 3.57. The lowest BCUT2D eigenvalue weighted by Gasteiger charge is -2.14. The number of carbonyl (C=O) groups excluding carboxylic acids is 1. The molecule has 0 fully saturated rings. The van der Waals surface area contributed by atoms with Crippen LogP contribution < -0.4 is 10.9 Å². The Morgan fingerprint density at radius 1 is 1.00 bits per heavy atom. The zero-order valence-corrected chi connectivity index (χ0v) is 15.3. The number of amides is 1. The van der Waals surface area contributed by atoms with Crippen molar-refractivity contribution < 1.29 is 4.79 Å². The molecule has 1 aromatic carbocycles. The zero-order chi connectivity index (χ0) is 18.1. The Kier molecular flexibility index (Phi) is 7.45. The van der Waals surface area contributed by atoms with Crippen LogP contribution in [0.1, 0.15) is 54.7 Å². The van der Waals surface area contributed by atoms with Crippen LogP contribution in [0.5, 0.6) is 0 Å². The van der Waals surface area contributed by atoms with Gasteiger partial charge in [0.1, 0.15) is 5.56 Å². The van der Waals surface area contributed by atoms with E-state index in [0.717, 1.165) is 37.8 Å². The number of unbranched alkanes of at least 4 members (excludes halogenated alkanes) is 1. The molecule has 1 heterocycles. The van der Waals surface area contributed by atoms with Gasteiger partial charge in [-0.2, -0.15) is 0 Å². The van der Waals surface area contributed by atoms with Crippen LogP contribution in [0.4, 0.5) is 0 Å². The fourth-order valence-corrected chi connectivity index (χ4v) is 2.89. The van der Waals surface area contributed by atoms with Gasteiger partial charge < -0.3 is 9.88 Å². The van der Waals surface area contributed by atoms with E-state index in [4.69, 9.17) is 0 Å². The van der Waals surface area contributed by atoms with E-state index in [1.807, 2.05) is 36.4 Å². The summed E-state index contributed by atoms with van der Waals surface area (Å²) in [6.45, 7) is 5.40. The summed E-state index contributed by atoms with van der Waals surface area (Å²) < 4.78 is 1.78. The Balaban J connectivity index is 2.09. The van der Waals surface area contributed by atoms with Gasteiger partial charge in [-0.25, -0.2) is 0 Å². The number of nitrogens with one attached hydrogen (secondary N) is 1. The Hall–Kier alpha value is -2.36. The van der Waals surface area contributed by atoms with Crippen LogP contribution in [0.25, 0.3) is 0 Å². The number of aromatic nitrogens is 1. The van der Waals surface area contributed by atoms with Crippen molar-refractivity contribution in [1.82, 2.24) is 9.88 Å². The second-order valence-corrected chi connectivity index (χ2v) is 6.29. The largest absolute Gasteiger partial charge is 0.352 e. The van der Waals surface area contributed by atoms with E-state index in [1.165, 1.54) is 5.56 Å². The molecule has 0 saturated heterocycles. The first-order chi connectivity index (χ1) is 12.2. The fourth-order valence-electron chi connectivity index (χ4n) is 2.89. The van der Waals surface area contributed by atoms with Crippen LogP contribution in [-0.2, 0) is 19.4 Å². The molecule has 2 aromatic rings. The Labute approximate surface area is 149 Å². The Morgan fingerprint density at radius 3 is 2.44 bits per heavy atom. The molecular weight excluding hydrogens is 312 g/mol. The quantitative estimate of drug-likeness (QED) is 0.758. The number of hydrogen-bond acceptors (Lipinski definition) is 2. The van der Waals surface area contributed by atoms with Crippen molar-refractivity contribution in [2.45, 2.75) is 52.5 Å². The average molecular weight is 340 g/mol. The molecule has 0 aliphatic carbocycles. The summed E-state index contributed by atoms with van der Waals surface area (Å²) in [6.07, 6.45) is 4.55. The number of carbonyl (C=O) groups is 1. The lowest BCUT2D eigenvalue weighted by molar-refractivity contribution is 0.0952. The first-order valence-electron chi connectivity index (χ1n) is 9.22. The van der Waals surface area contributed by atoms with Gasteiger partial charge in [-0.1, -0.05) is 57.0 Å². The number of hydrogen-bond donors (Lipinski definition) is 1. The van der Waals surface area contributed by atoms with E-state index in [9.17, 15) is 9.59 Å². The van der Waals surface area contributed by atoms with E-state index in [-0.39, 0.29) is 17.0 Å². The number of rotatable bonds is 9. The van der Waals surface area contributed by atoms with Gasteiger partial charge >= 0.3 is 0 Å². The molecule has 0 saturated carbocycles. The highest BCUT2D eigenvalue weighted by Crippen LogP contribution is 2.06. The van der Waals surface area contributed by atoms with E-state index in [2.05, 4.69) is 19.2 Å². The molecular formula is C21H28N2O2. The van der Waals surface area contributed by atoms with Crippen LogP contribution in [-0.4, -0.2) is 17.0 Å². The van der Waals surface area contributed by atoms with Gasteiger partial charge in [0.05, 0.1) is 0 Å². The van der Waals surface area contributed by atoms with E-state index in [0.29, 0.717) is 13.1 Å². The fraction of sp³-hybridized carbons (Fsp3) is 0.429. The highest BCUT2D eigenvalue weighted by molar-refractivity contribution is 5.93. The summed E-state index contributed by atoms with van der Waals surface area (Å²) in [5, 5.41) is 2.87. The second-order valence-electron chi connectivity index (χ2n) is 6.29. The van der Waals surface area contributed by atoms with Crippen molar-refractivity contribution in [2.75, 3.05) is 6.54 Å². The molecule has 4 nitrogen and oxygen atoms in total. The molecule has 1 amide bonds. The van der Waals surface area contributed by atoms with Gasteiger partial charge in [-0.15, -0.1) is 0 Å². The molecule has 0 radical (unpaired) electrons. The molecule has 0 aliphatic rings. The summed E-state index contributed by atoms with van der Waals surface area (Å²) in [5.74, 6) is -0.283. The zero-order valence-electron chi connectivity index (χ0n) is 15.3. The molecule has 2 rings (SSSR count). The van der Waals surface area contributed by atoms with Gasteiger partial charge in [-0.05, 0) is 37.0 Å². The monoisotopic (exact) mass is 340 g/mol. The summed E-state index contributed by atoms with van der Waals surface area (Å²) in [5.41, 5.74) is 2.25. The van der Waals surface area contributed by atoms with Crippen molar-refractivity contribution in [3.63, 3.8) is 0 Å². The van der Waals surface area contributed by atoms with Gasteiger partial charge in [-0.3, -0.25) is 9.59 Å². The topological polar surface area (TPSA) is 51.1 Å². The predicted molar refractivity (Wildman–Crippen MR) is 102 cm³/mol. The lowest BCUT2D eigenvalue weighted by Crippen LogP contribution is -2.35. The summed E-state index contributed by atoms with van der Waals surface area (Å²) in [4.78, 5) is 25.2. The van der Waals surface area contributed by atoms with Crippen molar-refractivity contribution in [1.29, 1.82) is 0 Å². The average Bonchev–Trinajstić information content (AvgIpc) is 2.62. The van der Waals surface area contributed by atoms with E-state index >= 15 is 0 Å². The minimum atomic E-state index is -0.283. The van der Waals surface area contributed by atoms with Gasteiger partial charge in [0.15, 0.2) is 0 Å². The molecule has 0 unspecified atom stereocenters. The maximum atomic E-state index is 12.7. The second kappa shape index (κ2) is 9.82. The first kappa shape index (κ1) is 19.0. The normalized spacial score (nSPS) is 10.6. The van der Waals surface area contributed by atoms with Crippen molar-refractivity contribution >= 4 is 5.91 Å². The highest BCUT2D eigenvalue weighted by atomic mass is 16.2. The van der Waals surface area contributed by atoms with Crippen molar-refractivity contribution in [3.05, 3.63) is 69.6 Å². The molecule has 0 atom stereocenters. The molecule has 1 N–H and O–H groups in total. The number of pyridine rings is 1. The first-order valence-corrected chi connectivity index (χ1v) is 9.22. The Morgan fingerprint density at radius 2 is 1.76 bits per heavy atom. The van der Waals surface area contributed by atoms with Crippen molar-refractivity contribution in [2.24, 2.45) is 0 Å². The van der Waals surface area contributed by atoms with Crippen LogP contribution in [0.3, 0.4) is 0 Å². The third-order valence-corrected chi connectivity index (χ3v) is 4.29. The molecule has 0 spiro atoms.